The first-order valence-electron chi connectivity index (χ1n) is 12.5. The van der Waals surface area contributed by atoms with Gasteiger partial charge in [-0.3, -0.25) is 34.0 Å². The first-order chi connectivity index (χ1) is 18.2. The predicted molar refractivity (Wildman–Crippen MR) is 145 cm³/mol. The zero-order chi connectivity index (χ0) is 30.0. The second-order valence-corrected chi connectivity index (χ2v) is 9.14. The molecule has 3 atom stereocenters. The number of carboxylic acid groups (broad SMARTS) is 1. The van der Waals surface area contributed by atoms with Crippen LogP contribution in [-0.4, -0.2) is 90.9 Å². The Balaban J connectivity index is 5.35. The molecule has 0 aliphatic carbocycles. The highest BCUT2D eigenvalue weighted by molar-refractivity contribution is 5.94. The summed E-state index contributed by atoms with van der Waals surface area (Å²) >= 11 is 0. The van der Waals surface area contributed by atoms with Crippen molar-refractivity contribution in [2.24, 2.45) is 44.6 Å². The molecule has 4 amide bonds. The van der Waals surface area contributed by atoms with Gasteiger partial charge in [-0.1, -0.05) is 13.8 Å². The number of nitrogens with two attached hydrogens (primary N) is 5. The van der Waals surface area contributed by atoms with E-state index < -0.39 is 60.8 Å². The summed E-state index contributed by atoms with van der Waals surface area (Å²) in [5.41, 5.74) is 27.1. The number of carbonyl (C=O) groups excluding carboxylic acids is 4. The van der Waals surface area contributed by atoms with Crippen molar-refractivity contribution in [1.29, 1.82) is 0 Å². The van der Waals surface area contributed by atoms with Crippen LogP contribution >= 0.6 is 0 Å². The Bertz CT molecular complexity index is 886. The van der Waals surface area contributed by atoms with E-state index in [9.17, 15) is 24.0 Å². The molecule has 15 N–H and O–H groups in total. The maximum absolute atomic E-state index is 13.1. The molecule has 0 aromatic carbocycles. The second kappa shape index (κ2) is 19.0. The predicted octanol–water partition coefficient (Wildman–Crippen LogP) is -4.25. The van der Waals surface area contributed by atoms with E-state index in [0.717, 1.165) is 0 Å². The van der Waals surface area contributed by atoms with Crippen molar-refractivity contribution in [2.75, 3.05) is 26.2 Å². The van der Waals surface area contributed by atoms with E-state index in [2.05, 4.69) is 31.3 Å². The fraction of sp³-hybridized carbons (Fsp3) is 0.682. The lowest BCUT2D eigenvalue weighted by atomic mass is 10.0. The molecule has 0 saturated heterocycles. The quantitative estimate of drug-likeness (QED) is 0.0412. The highest BCUT2D eigenvalue weighted by atomic mass is 16.4. The van der Waals surface area contributed by atoms with Gasteiger partial charge < -0.3 is 55.0 Å². The molecule has 39 heavy (non-hydrogen) atoms. The van der Waals surface area contributed by atoms with Gasteiger partial charge in [0.1, 0.15) is 18.6 Å². The standard InChI is InChI=1S/C22H43N11O6/c1-12(2)9-15(33-18(37)13(23)5-3-7-28-21(24)25)20(39)32-14(6-4-8-29-22(26)27)19(38)31-10-16(34)30-11-17(35)36/h12-15H,3-11,23H2,1-2H3,(H,30,34)(H,31,38)(H,32,39)(H,33,37)(H,35,36)(H4,24,25,28)(H4,26,27,29)/t13-,14-,15-/m0/s1. The van der Waals surface area contributed by atoms with Gasteiger partial charge in [0, 0.05) is 13.1 Å². The Kier molecular flexibility index (Phi) is 17.0. The van der Waals surface area contributed by atoms with E-state index >= 15 is 0 Å². The largest absolute Gasteiger partial charge is 0.480 e. The third kappa shape index (κ3) is 17.9. The molecule has 222 valence electrons. The van der Waals surface area contributed by atoms with Crippen molar-refractivity contribution in [3.63, 3.8) is 0 Å². The average molecular weight is 558 g/mol. The summed E-state index contributed by atoms with van der Waals surface area (Å²) in [7, 11) is 0. The number of carboxylic acids is 1. The van der Waals surface area contributed by atoms with Gasteiger partial charge in [-0.25, -0.2) is 0 Å². The molecule has 0 spiro atoms. The normalized spacial score (nSPS) is 12.8. The molecule has 0 heterocycles. The lowest BCUT2D eigenvalue weighted by Gasteiger charge is -2.25. The third-order valence-corrected chi connectivity index (χ3v) is 5.08. The van der Waals surface area contributed by atoms with Crippen LogP contribution in [0.2, 0.25) is 0 Å². The maximum Gasteiger partial charge on any atom is 0.322 e. The van der Waals surface area contributed by atoms with Gasteiger partial charge >= 0.3 is 5.97 Å². The number of amides is 4. The van der Waals surface area contributed by atoms with Gasteiger partial charge in [-0.15, -0.1) is 0 Å². The lowest BCUT2D eigenvalue weighted by molar-refractivity contribution is -0.138. The number of nitrogens with one attached hydrogen (secondary N) is 4. The van der Waals surface area contributed by atoms with Crippen LogP contribution in [0.15, 0.2) is 9.98 Å². The van der Waals surface area contributed by atoms with E-state index in [1.165, 1.54) is 0 Å². The van der Waals surface area contributed by atoms with Gasteiger partial charge in [0.25, 0.3) is 0 Å². The van der Waals surface area contributed by atoms with E-state index in [4.69, 9.17) is 33.8 Å². The Hall–Kier alpha value is -4.15. The zero-order valence-corrected chi connectivity index (χ0v) is 22.4. The van der Waals surface area contributed by atoms with Gasteiger partial charge in [0.15, 0.2) is 11.9 Å². The number of aliphatic carboxylic acids is 1. The molecule has 0 unspecified atom stereocenters. The summed E-state index contributed by atoms with van der Waals surface area (Å²) in [6.45, 7) is 3.08. The average Bonchev–Trinajstić information content (AvgIpc) is 2.84. The molecule has 0 aromatic rings. The summed E-state index contributed by atoms with van der Waals surface area (Å²) in [5, 5.41) is 18.3. The van der Waals surface area contributed by atoms with Gasteiger partial charge in [-0.05, 0) is 38.0 Å². The summed E-state index contributed by atoms with van der Waals surface area (Å²) < 4.78 is 0. The summed E-state index contributed by atoms with van der Waals surface area (Å²) in [4.78, 5) is 68.6. The Morgan fingerprint density at radius 3 is 1.79 bits per heavy atom. The van der Waals surface area contributed by atoms with Crippen LogP contribution in [0.25, 0.3) is 0 Å². The van der Waals surface area contributed by atoms with Crippen molar-refractivity contribution in [1.82, 2.24) is 21.3 Å². The molecule has 0 aliphatic rings. The summed E-state index contributed by atoms with van der Waals surface area (Å²) in [6.07, 6.45) is 1.41. The number of guanidine groups is 2. The van der Waals surface area contributed by atoms with Crippen molar-refractivity contribution >= 4 is 41.5 Å². The monoisotopic (exact) mass is 557 g/mol. The van der Waals surface area contributed by atoms with Crippen LogP contribution in [-0.2, 0) is 24.0 Å². The third-order valence-electron chi connectivity index (χ3n) is 5.08. The second-order valence-electron chi connectivity index (χ2n) is 9.14. The van der Waals surface area contributed by atoms with Crippen LogP contribution in [0.1, 0.15) is 46.0 Å². The number of carbonyl (C=O) groups is 5. The minimum atomic E-state index is -1.24. The molecule has 0 fully saturated rings. The van der Waals surface area contributed by atoms with Gasteiger partial charge in [0.05, 0.1) is 12.6 Å². The SMILES string of the molecule is CC(C)C[C@H](NC(=O)[C@@H](N)CCCN=C(N)N)C(=O)N[C@@H](CCCN=C(N)N)C(=O)NCC(=O)NCC(=O)O. The van der Waals surface area contributed by atoms with Crippen molar-refractivity contribution in [3.05, 3.63) is 0 Å². The Labute approximate surface area is 227 Å². The minimum absolute atomic E-state index is 0.00575. The fourth-order valence-corrected chi connectivity index (χ4v) is 3.20. The molecular weight excluding hydrogens is 514 g/mol. The van der Waals surface area contributed by atoms with E-state index in [1.54, 1.807) is 0 Å². The molecule has 17 heteroatoms. The molecular formula is C22H43N11O6. The molecule has 0 aromatic heterocycles. The zero-order valence-electron chi connectivity index (χ0n) is 22.4. The smallest absolute Gasteiger partial charge is 0.322 e. The fourth-order valence-electron chi connectivity index (χ4n) is 3.20. The van der Waals surface area contributed by atoms with Crippen LogP contribution < -0.4 is 49.9 Å². The van der Waals surface area contributed by atoms with Crippen LogP contribution in [0.5, 0.6) is 0 Å². The summed E-state index contributed by atoms with van der Waals surface area (Å²) in [5.74, 6) is -4.03. The minimum Gasteiger partial charge on any atom is -0.480 e. The van der Waals surface area contributed by atoms with E-state index in [0.29, 0.717) is 19.4 Å². The maximum atomic E-state index is 13.1. The topological polar surface area (TPSA) is 309 Å². The van der Waals surface area contributed by atoms with Gasteiger partial charge in [0.2, 0.25) is 23.6 Å². The molecule has 17 nitrogen and oxygen atoms in total. The van der Waals surface area contributed by atoms with Crippen molar-refractivity contribution < 1.29 is 29.1 Å². The van der Waals surface area contributed by atoms with Crippen molar-refractivity contribution in [2.45, 2.75) is 64.1 Å². The lowest BCUT2D eigenvalue weighted by Crippen LogP contribution is -2.56. The molecule has 0 bridgehead atoms. The number of nitrogens with zero attached hydrogens (tertiary/aromatic N) is 2. The molecule has 0 rings (SSSR count). The first-order valence-corrected chi connectivity index (χ1v) is 12.5. The summed E-state index contributed by atoms with van der Waals surface area (Å²) in [6, 6.07) is -3.00. The Morgan fingerprint density at radius 1 is 0.744 bits per heavy atom. The van der Waals surface area contributed by atoms with E-state index in [1.807, 2.05) is 13.8 Å². The molecule has 0 saturated carbocycles. The number of rotatable bonds is 19. The van der Waals surface area contributed by atoms with E-state index in [-0.39, 0.29) is 43.6 Å². The molecule has 0 aliphatic heterocycles. The van der Waals surface area contributed by atoms with Gasteiger partial charge in [-0.2, -0.15) is 0 Å². The molecule has 0 radical (unpaired) electrons. The number of hydrogen-bond acceptors (Lipinski definition) is 8. The first kappa shape index (κ1) is 34.9. The van der Waals surface area contributed by atoms with Crippen molar-refractivity contribution in [3.8, 4) is 0 Å². The Morgan fingerprint density at radius 2 is 1.28 bits per heavy atom. The number of hydrogen-bond donors (Lipinski definition) is 10. The highest BCUT2D eigenvalue weighted by Gasteiger charge is 2.28. The van der Waals surface area contributed by atoms with Crippen LogP contribution in [0.3, 0.4) is 0 Å². The highest BCUT2D eigenvalue weighted by Crippen LogP contribution is 2.08. The van der Waals surface area contributed by atoms with Crippen LogP contribution in [0, 0.1) is 5.92 Å². The van der Waals surface area contributed by atoms with Crippen LogP contribution in [0.4, 0.5) is 0 Å². The number of aliphatic imine (C=N–C) groups is 2.